The fourth-order valence-electron chi connectivity index (χ4n) is 3.09. The third-order valence-electron chi connectivity index (χ3n) is 4.00. The van der Waals surface area contributed by atoms with Gasteiger partial charge in [0.1, 0.15) is 5.69 Å². The number of thioether (sulfide) groups is 1. The standard InChI is InChI=1S/C14H19N3OS/c1-19-12-2-4-15-13(7-12)14(18)16-11-6-10-3-5-17(8-10)9-11/h2,4,7,10-11H,3,5-6,8-9H2,1H3,(H,16,18). The Kier molecular flexibility index (Phi) is 3.75. The van der Waals surface area contributed by atoms with Crippen molar-refractivity contribution in [3.8, 4) is 0 Å². The number of amides is 1. The topological polar surface area (TPSA) is 45.2 Å². The van der Waals surface area contributed by atoms with Gasteiger partial charge in [0.2, 0.25) is 0 Å². The van der Waals surface area contributed by atoms with Crippen LogP contribution in [0.4, 0.5) is 0 Å². The number of pyridine rings is 1. The molecule has 3 atom stereocenters. The Balaban J connectivity index is 1.64. The summed E-state index contributed by atoms with van der Waals surface area (Å²) < 4.78 is 0. The Bertz CT molecular complexity index is 468. The molecule has 1 amide bonds. The van der Waals surface area contributed by atoms with E-state index in [-0.39, 0.29) is 11.9 Å². The highest BCUT2D eigenvalue weighted by atomic mass is 32.2. The number of fused-ring (bicyclic) bond motifs is 2. The van der Waals surface area contributed by atoms with Gasteiger partial charge in [-0.2, -0.15) is 0 Å². The van der Waals surface area contributed by atoms with Crippen molar-refractivity contribution in [2.45, 2.75) is 23.8 Å². The SMILES string of the molecule is CSc1ccnc(C(=O)NC2CC3CCN(C3)C2)c1. The quantitative estimate of drug-likeness (QED) is 0.853. The molecular formula is C14H19N3OS. The number of aromatic nitrogens is 1. The molecule has 2 saturated heterocycles. The van der Waals surface area contributed by atoms with Gasteiger partial charge in [0, 0.05) is 30.2 Å². The third-order valence-corrected chi connectivity index (χ3v) is 4.73. The monoisotopic (exact) mass is 277 g/mol. The number of hydrogen-bond acceptors (Lipinski definition) is 4. The Hall–Kier alpha value is -1.07. The lowest BCUT2D eigenvalue weighted by Crippen LogP contribution is -2.47. The van der Waals surface area contributed by atoms with Crippen LogP contribution in [0.5, 0.6) is 0 Å². The minimum Gasteiger partial charge on any atom is -0.347 e. The summed E-state index contributed by atoms with van der Waals surface area (Å²) in [5.41, 5.74) is 0.528. The molecule has 5 heteroatoms. The summed E-state index contributed by atoms with van der Waals surface area (Å²) in [6.07, 6.45) is 6.11. The number of piperidine rings is 1. The fourth-order valence-corrected chi connectivity index (χ4v) is 3.51. The molecule has 1 N–H and O–H groups in total. The zero-order valence-corrected chi connectivity index (χ0v) is 11.9. The molecule has 2 bridgehead atoms. The Labute approximate surface area is 118 Å². The zero-order valence-electron chi connectivity index (χ0n) is 11.1. The van der Waals surface area contributed by atoms with E-state index in [1.54, 1.807) is 18.0 Å². The predicted octanol–water partition coefficient (Wildman–Crippen LogP) is 1.63. The largest absolute Gasteiger partial charge is 0.347 e. The number of nitrogens with one attached hydrogen (secondary N) is 1. The van der Waals surface area contributed by atoms with Crippen LogP contribution in [-0.2, 0) is 0 Å². The molecule has 3 heterocycles. The molecule has 1 aromatic heterocycles. The number of carbonyl (C=O) groups is 1. The van der Waals surface area contributed by atoms with Crippen LogP contribution >= 0.6 is 11.8 Å². The molecule has 3 unspecified atom stereocenters. The summed E-state index contributed by atoms with van der Waals surface area (Å²) in [6.45, 7) is 3.40. The van der Waals surface area contributed by atoms with E-state index in [2.05, 4.69) is 15.2 Å². The van der Waals surface area contributed by atoms with E-state index in [1.165, 1.54) is 19.5 Å². The van der Waals surface area contributed by atoms with E-state index in [1.807, 2.05) is 18.4 Å². The number of nitrogens with zero attached hydrogens (tertiary/aromatic N) is 2. The molecule has 1 aromatic rings. The first-order valence-corrected chi connectivity index (χ1v) is 8.00. The maximum Gasteiger partial charge on any atom is 0.270 e. The molecule has 2 aliphatic rings. The van der Waals surface area contributed by atoms with Crippen molar-refractivity contribution in [2.75, 3.05) is 25.9 Å². The second-order valence-electron chi connectivity index (χ2n) is 5.40. The van der Waals surface area contributed by atoms with E-state index < -0.39 is 0 Å². The van der Waals surface area contributed by atoms with Crippen molar-refractivity contribution in [3.05, 3.63) is 24.0 Å². The van der Waals surface area contributed by atoms with Gasteiger partial charge in [0.05, 0.1) is 0 Å². The molecule has 0 aromatic carbocycles. The van der Waals surface area contributed by atoms with Gasteiger partial charge >= 0.3 is 0 Å². The average molecular weight is 277 g/mol. The van der Waals surface area contributed by atoms with Crippen molar-refractivity contribution in [1.29, 1.82) is 0 Å². The number of rotatable bonds is 3. The van der Waals surface area contributed by atoms with E-state index in [0.29, 0.717) is 5.69 Å². The molecule has 102 valence electrons. The van der Waals surface area contributed by atoms with Gasteiger partial charge in [0.15, 0.2) is 0 Å². The summed E-state index contributed by atoms with van der Waals surface area (Å²) in [5, 5.41) is 3.13. The van der Waals surface area contributed by atoms with Crippen LogP contribution in [0.3, 0.4) is 0 Å². The molecule has 0 saturated carbocycles. The van der Waals surface area contributed by atoms with Crippen LogP contribution < -0.4 is 5.32 Å². The number of carbonyl (C=O) groups excluding carboxylic acids is 1. The Morgan fingerprint density at radius 3 is 3.21 bits per heavy atom. The molecular weight excluding hydrogens is 258 g/mol. The smallest absolute Gasteiger partial charge is 0.270 e. The van der Waals surface area contributed by atoms with E-state index >= 15 is 0 Å². The maximum atomic E-state index is 12.2. The lowest BCUT2D eigenvalue weighted by atomic mass is 9.97. The first kappa shape index (κ1) is 12.9. The van der Waals surface area contributed by atoms with Gasteiger partial charge in [-0.1, -0.05) is 0 Å². The van der Waals surface area contributed by atoms with E-state index in [4.69, 9.17) is 0 Å². The van der Waals surface area contributed by atoms with Gasteiger partial charge in [-0.15, -0.1) is 11.8 Å². The maximum absolute atomic E-state index is 12.2. The summed E-state index contributed by atoms with van der Waals surface area (Å²) in [7, 11) is 0. The predicted molar refractivity (Wildman–Crippen MR) is 76.4 cm³/mol. The molecule has 0 spiro atoms. The van der Waals surface area contributed by atoms with E-state index in [0.717, 1.165) is 23.8 Å². The minimum atomic E-state index is -0.0385. The highest BCUT2D eigenvalue weighted by molar-refractivity contribution is 7.98. The fraction of sp³-hybridized carbons (Fsp3) is 0.571. The Morgan fingerprint density at radius 2 is 2.42 bits per heavy atom. The highest BCUT2D eigenvalue weighted by Gasteiger charge is 2.33. The highest BCUT2D eigenvalue weighted by Crippen LogP contribution is 2.26. The van der Waals surface area contributed by atoms with Crippen LogP contribution in [0.25, 0.3) is 0 Å². The minimum absolute atomic E-state index is 0.0385. The molecule has 0 radical (unpaired) electrons. The van der Waals surface area contributed by atoms with Crippen molar-refractivity contribution < 1.29 is 4.79 Å². The molecule has 2 fully saturated rings. The van der Waals surface area contributed by atoms with Gasteiger partial charge in [-0.05, 0) is 43.7 Å². The van der Waals surface area contributed by atoms with Crippen LogP contribution in [0.1, 0.15) is 23.3 Å². The number of hydrogen-bond donors (Lipinski definition) is 1. The first-order chi connectivity index (χ1) is 9.24. The van der Waals surface area contributed by atoms with Crippen LogP contribution in [0, 0.1) is 5.92 Å². The van der Waals surface area contributed by atoms with Crippen LogP contribution in [0.15, 0.2) is 23.2 Å². The molecule has 4 nitrogen and oxygen atoms in total. The van der Waals surface area contributed by atoms with Gasteiger partial charge < -0.3 is 10.2 Å². The summed E-state index contributed by atoms with van der Waals surface area (Å²) in [5.74, 6) is 0.730. The second kappa shape index (κ2) is 5.51. The summed E-state index contributed by atoms with van der Waals surface area (Å²) in [4.78, 5) is 19.9. The first-order valence-electron chi connectivity index (χ1n) is 6.78. The van der Waals surface area contributed by atoms with Crippen molar-refractivity contribution in [3.63, 3.8) is 0 Å². The lowest BCUT2D eigenvalue weighted by Gasteiger charge is -2.30. The zero-order chi connectivity index (χ0) is 13.2. The molecule has 0 aliphatic carbocycles. The van der Waals surface area contributed by atoms with Crippen LogP contribution in [-0.4, -0.2) is 47.7 Å². The summed E-state index contributed by atoms with van der Waals surface area (Å²) >= 11 is 1.63. The van der Waals surface area contributed by atoms with E-state index in [9.17, 15) is 4.79 Å². The van der Waals surface area contributed by atoms with Crippen molar-refractivity contribution in [2.24, 2.45) is 5.92 Å². The van der Waals surface area contributed by atoms with Gasteiger partial charge in [0.25, 0.3) is 5.91 Å². The average Bonchev–Trinajstić information content (AvgIpc) is 2.78. The molecule has 19 heavy (non-hydrogen) atoms. The third kappa shape index (κ3) is 2.92. The summed E-state index contributed by atoms with van der Waals surface area (Å²) in [6, 6.07) is 4.07. The molecule has 3 rings (SSSR count). The van der Waals surface area contributed by atoms with Crippen LogP contribution in [0.2, 0.25) is 0 Å². The Morgan fingerprint density at radius 1 is 1.53 bits per heavy atom. The van der Waals surface area contributed by atoms with Crippen molar-refractivity contribution >= 4 is 17.7 Å². The van der Waals surface area contributed by atoms with Gasteiger partial charge in [-0.3, -0.25) is 9.78 Å². The normalized spacial score (nSPS) is 29.2. The molecule has 2 aliphatic heterocycles. The van der Waals surface area contributed by atoms with Gasteiger partial charge in [-0.25, -0.2) is 0 Å². The van der Waals surface area contributed by atoms with Crippen molar-refractivity contribution in [1.82, 2.24) is 15.2 Å². The second-order valence-corrected chi connectivity index (χ2v) is 6.28. The lowest BCUT2D eigenvalue weighted by molar-refractivity contribution is 0.0904.